The lowest BCUT2D eigenvalue weighted by Gasteiger charge is -2.35. The number of hydrogen-bond donors (Lipinski definition) is 1. The van der Waals surface area contributed by atoms with Crippen LogP contribution >= 0.6 is 11.3 Å². The maximum Gasteiger partial charge on any atom is 0.275 e. The van der Waals surface area contributed by atoms with E-state index in [1.54, 1.807) is 6.20 Å². The van der Waals surface area contributed by atoms with Crippen LogP contribution in [0.3, 0.4) is 0 Å². The van der Waals surface area contributed by atoms with Crippen LogP contribution in [0.4, 0.5) is 0 Å². The molecule has 1 N–H and O–H groups in total. The third-order valence-corrected chi connectivity index (χ3v) is 6.35. The van der Waals surface area contributed by atoms with E-state index in [4.69, 9.17) is 0 Å². The second-order valence-corrected chi connectivity index (χ2v) is 8.06. The molecule has 1 amide bonds. The summed E-state index contributed by atoms with van der Waals surface area (Å²) in [5.74, 6) is -0.0686. The van der Waals surface area contributed by atoms with Crippen LogP contribution in [-0.4, -0.2) is 36.7 Å². The first kappa shape index (κ1) is 16.5. The van der Waals surface area contributed by atoms with Crippen molar-refractivity contribution in [3.8, 4) is 0 Å². The zero-order valence-electron chi connectivity index (χ0n) is 15.4. The Morgan fingerprint density at radius 2 is 2.07 bits per heavy atom. The summed E-state index contributed by atoms with van der Waals surface area (Å²) in [4.78, 5) is 28.9. The van der Waals surface area contributed by atoms with Crippen LogP contribution in [0.1, 0.15) is 33.5 Å². The van der Waals surface area contributed by atoms with E-state index in [-0.39, 0.29) is 11.9 Å². The number of nitrogens with one attached hydrogen (secondary N) is 1. The maximum absolute atomic E-state index is 13.5. The number of para-hydroxylation sites is 1. The fourth-order valence-corrected chi connectivity index (χ4v) is 4.98. The molecule has 4 aromatic heterocycles. The summed E-state index contributed by atoms with van der Waals surface area (Å²) >= 11 is 1.52. The molecule has 0 unspecified atom stereocenters. The van der Waals surface area contributed by atoms with E-state index >= 15 is 0 Å². The highest BCUT2D eigenvalue weighted by Crippen LogP contribution is 2.38. The summed E-state index contributed by atoms with van der Waals surface area (Å²) in [6, 6.07) is 13.9. The van der Waals surface area contributed by atoms with E-state index in [0.717, 1.165) is 28.3 Å². The second-order valence-electron chi connectivity index (χ2n) is 7.19. The standard InChI is InChI=1S/C22H17N5OS/c28-21(18-13-26-11-12-29-22(26)25-18)27-10-8-15-14-5-1-2-6-16(14)24-19(15)20(27)17-7-3-4-9-23-17/h1-7,9,11-13,20,24H,8,10H2/t20-/m1/s1. The lowest BCUT2D eigenvalue weighted by molar-refractivity contribution is 0.0683. The van der Waals surface area contributed by atoms with Crippen molar-refractivity contribution in [2.45, 2.75) is 12.5 Å². The van der Waals surface area contributed by atoms with E-state index in [0.29, 0.717) is 12.2 Å². The molecule has 1 aliphatic rings. The molecule has 0 bridgehead atoms. The van der Waals surface area contributed by atoms with Crippen LogP contribution in [-0.2, 0) is 6.42 Å². The summed E-state index contributed by atoms with van der Waals surface area (Å²) in [6.07, 6.45) is 6.31. The van der Waals surface area contributed by atoms with Crippen molar-refractivity contribution < 1.29 is 4.79 Å². The summed E-state index contributed by atoms with van der Waals surface area (Å²) in [7, 11) is 0. The Bertz CT molecular complexity index is 1320. The number of imidazole rings is 1. The number of pyridine rings is 1. The lowest BCUT2D eigenvalue weighted by atomic mass is 9.94. The van der Waals surface area contributed by atoms with Crippen molar-refractivity contribution in [2.24, 2.45) is 0 Å². The predicted octanol–water partition coefficient (Wildman–Crippen LogP) is 4.06. The van der Waals surface area contributed by atoms with Gasteiger partial charge in [0.2, 0.25) is 0 Å². The first-order valence-corrected chi connectivity index (χ1v) is 10.4. The van der Waals surface area contributed by atoms with Crippen LogP contribution in [0.25, 0.3) is 15.9 Å². The predicted molar refractivity (Wildman–Crippen MR) is 112 cm³/mol. The molecular formula is C22H17N5OS. The van der Waals surface area contributed by atoms with Gasteiger partial charge >= 0.3 is 0 Å². The molecule has 0 saturated carbocycles. The Kier molecular flexibility index (Phi) is 3.57. The fraction of sp³-hybridized carbons (Fsp3) is 0.136. The molecule has 29 heavy (non-hydrogen) atoms. The van der Waals surface area contributed by atoms with Crippen molar-refractivity contribution in [3.05, 3.63) is 89.1 Å². The number of aromatic amines is 1. The molecule has 7 heteroatoms. The van der Waals surface area contributed by atoms with E-state index in [1.165, 1.54) is 22.3 Å². The highest BCUT2D eigenvalue weighted by molar-refractivity contribution is 7.15. The van der Waals surface area contributed by atoms with Crippen molar-refractivity contribution in [1.82, 2.24) is 24.3 Å². The van der Waals surface area contributed by atoms with Crippen molar-refractivity contribution in [3.63, 3.8) is 0 Å². The van der Waals surface area contributed by atoms with Gasteiger partial charge < -0.3 is 9.88 Å². The van der Waals surface area contributed by atoms with Crippen LogP contribution in [0.2, 0.25) is 0 Å². The Hall–Kier alpha value is -3.45. The van der Waals surface area contributed by atoms with E-state index in [2.05, 4.69) is 33.2 Å². The van der Waals surface area contributed by atoms with Gasteiger partial charge in [-0.1, -0.05) is 24.3 Å². The van der Waals surface area contributed by atoms with E-state index in [9.17, 15) is 4.79 Å². The molecule has 5 aromatic rings. The number of carbonyl (C=O) groups is 1. The minimum absolute atomic E-state index is 0.0686. The van der Waals surface area contributed by atoms with Gasteiger partial charge in [-0.3, -0.25) is 14.2 Å². The van der Waals surface area contributed by atoms with Gasteiger partial charge in [0.1, 0.15) is 11.7 Å². The minimum Gasteiger partial charge on any atom is -0.356 e. The van der Waals surface area contributed by atoms with Gasteiger partial charge in [-0.15, -0.1) is 11.3 Å². The van der Waals surface area contributed by atoms with Gasteiger partial charge in [0.25, 0.3) is 5.91 Å². The lowest BCUT2D eigenvalue weighted by Crippen LogP contribution is -2.41. The van der Waals surface area contributed by atoms with E-state index < -0.39 is 0 Å². The van der Waals surface area contributed by atoms with Crippen LogP contribution in [0.15, 0.2) is 66.4 Å². The topological polar surface area (TPSA) is 66.3 Å². The Morgan fingerprint density at radius 3 is 2.93 bits per heavy atom. The maximum atomic E-state index is 13.5. The van der Waals surface area contributed by atoms with Gasteiger partial charge in [0.15, 0.2) is 4.96 Å². The molecule has 0 spiro atoms. The SMILES string of the molecule is O=C(c1cn2ccsc2n1)N1CCc2c([nH]c3ccccc23)[C@H]1c1ccccn1. The van der Waals surface area contributed by atoms with Crippen LogP contribution in [0, 0.1) is 0 Å². The number of rotatable bonds is 2. The third kappa shape index (κ3) is 2.51. The van der Waals surface area contributed by atoms with Gasteiger partial charge in [0, 0.05) is 47.1 Å². The van der Waals surface area contributed by atoms with Crippen molar-refractivity contribution in [2.75, 3.05) is 6.54 Å². The van der Waals surface area contributed by atoms with Crippen molar-refractivity contribution >= 4 is 33.1 Å². The molecule has 142 valence electrons. The zero-order chi connectivity index (χ0) is 19.4. The normalized spacial score (nSPS) is 16.4. The Labute approximate surface area is 170 Å². The van der Waals surface area contributed by atoms with Crippen LogP contribution in [0.5, 0.6) is 0 Å². The Morgan fingerprint density at radius 1 is 1.17 bits per heavy atom. The minimum atomic E-state index is -0.264. The summed E-state index contributed by atoms with van der Waals surface area (Å²) < 4.78 is 1.89. The quantitative estimate of drug-likeness (QED) is 0.487. The largest absolute Gasteiger partial charge is 0.356 e. The Balaban J connectivity index is 1.50. The third-order valence-electron chi connectivity index (χ3n) is 5.58. The number of aromatic nitrogens is 4. The number of benzene rings is 1. The number of carbonyl (C=O) groups excluding carboxylic acids is 1. The van der Waals surface area contributed by atoms with Crippen molar-refractivity contribution in [1.29, 1.82) is 0 Å². The molecule has 1 aromatic carbocycles. The van der Waals surface area contributed by atoms with Gasteiger partial charge in [-0.25, -0.2) is 4.98 Å². The number of nitrogens with zero attached hydrogens (tertiary/aromatic N) is 4. The average Bonchev–Trinajstić information content (AvgIpc) is 3.46. The summed E-state index contributed by atoms with van der Waals surface area (Å²) in [6.45, 7) is 0.625. The van der Waals surface area contributed by atoms with Crippen LogP contribution < -0.4 is 0 Å². The zero-order valence-corrected chi connectivity index (χ0v) is 16.3. The fourth-order valence-electron chi connectivity index (χ4n) is 4.28. The monoisotopic (exact) mass is 399 g/mol. The number of H-pyrrole nitrogens is 1. The molecule has 0 aliphatic carbocycles. The molecule has 5 heterocycles. The molecule has 0 radical (unpaired) electrons. The average molecular weight is 399 g/mol. The smallest absolute Gasteiger partial charge is 0.275 e. The summed E-state index contributed by atoms with van der Waals surface area (Å²) in [5.41, 5.74) is 4.73. The molecule has 1 atom stereocenters. The second kappa shape index (κ2) is 6.28. The molecular weight excluding hydrogens is 382 g/mol. The highest BCUT2D eigenvalue weighted by Gasteiger charge is 2.36. The number of thiazole rings is 1. The van der Waals surface area contributed by atoms with Gasteiger partial charge in [0.05, 0.1) is 5.69 Å². The van der Waals surface area contributed by atoms with E-state index in [1.807, 2.05) is 51.3 Å². The first-order chi connectivity index (χ1) is 14.3. The number of hydrogen-bond acceptors (Lipinski definition) is 4. The molecule has 1 aliphatic heterocycles. The number of amides is 1. The van der Waals surface area contributed by atoms with Gasteiger partial charge in [-0.05, 0) is 30.2 Å². The van der Waals surface area contributed by atoms with Gasteiger partial charge in [-0.2, -0.15) is 0 Å². The first-order valence-electron chi connectivity index (χ1n) is 9.53. The molecule has 6 nitrogen and oxygen atoms in total. The molecule has 0 fully saturated rings. The summed E-state index contributed by atoms with van der Waals surface area (Å²) in [5, 5.41) is 3.18. The molecule has 0 saturated heterocycles. The molecule has 6 rings (SSSR count). The number of fused-ring (bicyclic) bond motifs is 4. The highest BCUT2D eigenvalue weighted by atomic mass is 32.1.